The van der Waals surface area contributed by atoms with E-state index in [0.717, 1.165) is 3.57 Å². The molecule has 0 fully saturated rings. The molecule has 0 aliphatic carbocycles. The number of carbonyl (C=O) groups excluding carboxylic acids is 1. The monoisotopic (exact) mass is 469 g/mol. The van der Waals surface area contributed by atoms with Crippen LogP contribution in [-0.4, -0.2) is 5.91 Å². The number of carbonyl (C=O) groups is 1. The number of hydrogen-bond acceptors (Lipinski definition) is 1. The zero-order chi connectivity index (χ0) is 14.0. The van der Waals surface area contributed by atoms with Gasteiger partial charge in [-0.3, -0.25) is 4.79 Å². The summed E-state index contributed by atoms with van der Waals surface area (Å²) in [5, 5.41) is 3.45. The fourth-order valence-corrected chi connectivity index (χ4v) is 2.91. The highest BCUT2D eigenvalue weighted by molar-refractivity contribution is 14.1. The van der Waals surface area contributed by atoms with E-state index in [9.17, 15) is 4.79 Å². The van der Waals surface area contributed by atoms with Crippen LogP contribution in [0.4, 0.5) is 5.69 Å². The highest BCUT2D eigenvalue weighted by Crippen LogP contribution is 2.36. The number of rotatable bonds is 2. The van der Waals surface area contributed by atoms with Crippen LogP contribution in [0.1, 0.15) is 10.4 Å². The summed E-state index contributed by atoms with van der Waals surface area (Å²) in [5.74, 6) is -0.217. The Morgan fingerprint density at radius 2 is 1.79 bits per heavy atom. The van der Waals surface area contributed by atoms with Gasteiger partial charge in [0.2, 0.25) is 0 Å². The van der Waals surface area contributed by atoms with E-state index in [1.807, 2.05) is 18.2 Å². The Balaban J connectivity index is 2.30. The van der Waals surface area contributed by atoms with Crippen LogP contribution in [0.2, 0.25) is 10.0 Å². The molecular weight excluding hydrogens is 464 g/mol. The van der Waals surface area contributed by atoms with Crippen molar-refractivity contribution in [3.63, 3.8) is 0 Å². The Morgan fingerprint density at radius 3 is 2.47 bits per heavy atom. The smallest absolute Gasteiger partial charge is 0.256 e. The quantitative estimate of drug-likeness (QED) is 0.448. The summed E-state index contributed by atoms with van der Waals surface area (Å²) in [6, 6.07) is 10.7. The topological polar surface area (TPSA) is 29.1 Å². The minimum Gasteiger partial charge on any atom is -0.321 e. The number of amides is 1. The molecule has 0 bridgehead atoms. The van der Waals surface area contributed by atoms with Crippen LogP contribution in [0.15, 0.2) is 40.9 Å². The first-order chi connectivity index (χ1) is 9.00. The van der Waals surface area contributed by atoms with Gasteiger partial charge in [0.15, 0.2) is 0 Å². The van der Waals surface area contributed by atoms with Crippen molar-refractivity contribution in [2.45, 2.75) is 0 Å². The Hall–Kier alpha value is -0.300. The molecule has 2 rings (SSSR count). The average molecular weight is 471 g/mol. The van der Waals surface area contributed by atoms with Gasteiger partial charge in [-0.25, -0.2) is 0 Å². The SMILES string of the molecule is O=C(Nc1ccc(Br)c(Cl)c1Cl)c1ccccc1I. The molecule has 0 atom stereocenters. The summed E-state index contributed by atoms with van der Waals surface area (Å²) >= 11 is 17.5. The second-order valence-corrected chi connectivity index (χ2v) is 6.43. The zero-order valence-electron chi connectivity index (χ0n) is 9.38. The third-order valence-corrected chi connectivity index (χ3v) is 5.11. The fraction of sp³-hybridized carbons (Fsp3) is 0. The molecule has 2 nitrogen and oxygen atoms in total. The number of nitrogens with one attached hydrogen (secondary N) is 1. The Morgan fingerprint density at radius 1 is 1.11 bits per heavy atom. The lowest BCUT2D eigenvalue weighted by atomic mass is 10.2. The van der Waals surface area contributed by atoms with Gasteiger partial charge < -0.3 is 5.32 Å². The van der Waals surface area contributed by atoms with Crippen molar-refractivity contribution in [1.82, 2.24) is 0 Å². The molecule has 0 aliphatic rings. The predicted octanol–water partition coefficient (Wildman–Crippen LogP) is 5.61. The minimum atomic E-state index is -0.217. The Labute approximate surface area is 142 Å². The molecule has 1 amide bonds. The van der Waals surface area contributed by atoms with E-state index in [1.165, 1.54) is 0 Å². The zero-order valence-corrected chi connectivity index (χ0v) is 14.6. The van der Waals surface area contributed by atoms with Crippen LogP contribution in [0.3, 0.4) is 0 Å². The molecule has 0 aromatic heterocycles. The summed E-state index contributed by atoms with van der Waals surface area (Å²) in [6.07, 6.45) is 0. The Bertz CT molecular complexity index is 649. The standard InChI is InChI=1S/C13H7BrCl2INO/c14-8-5-6-10(12(16)11(8)15)18-13(19)7-3-1-2-4-9(7)17/h1-6H,(H,18,19). The van der Waals surface area contributed by atoms with E-state index in [1.54, 1.807) is 18.2 Å². The van der Waals surface area contributed by atoms with Gasteiger partial charge in [-0.1, -0.05) is 35.3 Å². The molecule has 0 saturated carbocycles. The maximum atomic E-state index is 12.2. The van der Waals surface area contributed by atoms with Crippen molar-refractivity contribution in [3.05, 3.63) is 60.0 Å². The first-order valence-corrected chi connectivity index (χ1v) is 7.83. The first kappa shape index (κ1) is 15.1. The average Bonchev–Trinajstić information content (AvgIpc) is 2.40. The number of anilines is 1. The first-order valence-electron chi connectivity index (χ1n) is 5.20. The van der Waals surface area contributed by atoms with Crippen LogP contribution >= 0.6 is 61.7 Å². The summed E-state index contributed by atoms with van der Waals surface area (Å²) in [5.41, 5.74) is 1.08. The second kappa shape index (κ2) is 6.43. The van der Waals surface area contributed by atoms with E-state index in [0.29, 0.717) is 25.8 Å². The summed E-state index contributed by atoms with van der Waals surface area (Å²) in [6.45, 7) is 0. The maximum absolute atomic E-state index is 12.2. The molecule has 0 spiro atoms. The fourth-order valence-electron chi connectivity index (χ4n) is 1.46. The van der Waals surface area contributed by atoms with E-state index >= 15 is 0 Å². The lowest BCUT2D eigenvalue weighted by Gasteiger charge is -2.10. The van der Waals surface area contributed by atoms with Gasteiger partial charge in [-0.2, -0.15) is 0 Å². The van der Waals surface area contributed by atoms with Gasteiger partial charge in [0.25, 0.3) is 5.91 Å². The van der Waals surface area contributed by atoms with Crippen molar-refractivity contribution in [2.75, 3.05) is 5.32 Å². The van der Waals surface area contributed by atoms with Crippen molar-refractivity contribution in [2.24, 2.45) is 0 Å². The molecular formula is C13H7BrCl2INO. The third kappa shape index (κ3) is 3.42. The molecule has 98 valence electrons. The van der Waals surface area contributed by atoms with Gasteiger partial charge >= 0.3 is 0 Å². The van der Waals surface area contributed by atoms with Gasteiger partial charge in [-0.05, 0) is 62.8 Å². The highest BCUT2D eigenvalue weighted by Gasteiger charge is 2.13. The molecule has 0 heterocycles. The Kier molecular flexibility index (Phi) is 5.11. The predicted molar refractivity (Wildman–Crippen MR) is 91.3 cm³/mol. The van der Waals surface area contributed by atoms with Crippen molar-refractivity contribution >= 4 is 73.3 Å². The van der Waals surface area contributed by atoms with Gasteiger partial charge in [-0.15, -0.1) is 0 Å². The molecule has 2 aromatic rings. The lowest BCUT2D eigenvalue weighted by molar-refractivity contribution is 0.102. The summed E-state index contributed by atoms with van der Waals surface area (Å²) in [7, 11) is 0. The number of halogens is 4. The second-order valence-electron chi connectivity index (χ2n) is 3.66. The van der Waals surface area contributed by atoms with Crippen LogP contribution in [0, 0.1) is 3.57 Å². The third-order valence-electron chi connectivity index (χ3n) is 2.40. The summed E-state index contributed by atoms with van der Waals surface area (Å²) in [4.78, 5) is 12.2. The highest BCUT2D eigenvalue weighted by atomic mass is 127. The van der Waals surface area contributed by atoms with Crippen LogP contribution in [-0.2, 0) is 0 Å². The van der Waals surface area contributed by atoms with Gasteiger partial charge in [0.05, 0.1) is 21.3 Å². The normalized spacial score (nSPS) is 10.3. The van der Waals surface area contributed by atoms with E-state index in [4.69, 9.17) is 23.2 Å². The van der Waals surface area contributed by atoms with E-state index in [-0.39, 0.29) is 5.91 Å². The van der Waals surface area contributed by atoms with Gasteiger partial charge in [0.1, 0.15) is 0 Å². The molecule has 1 N–H and O–H groups in total. The largest absolute Gasteiger partial charge is 0.321 e. The van der Waals surface area contributed by atoms with Crippen LogP contribution < -0.4 is 5.32 Å². The molecule has 0 aliphatic heterocycles. The molecule has 0 unspecified atom stereocenters. The van der Waals surface area contributed by atoms with Crippen molar-refractivity contribution < 1.29 is 4.79 Å². The van der Waals surface area contributed by atoms with Crippen LogP contribution in [0.5, 0.6) is 0 Å². The number of benzene rings is 2. The van der Waals surface area contributed by atoms with Crippen molar-refractivity contribution in [1.29, 1.82) is 0 Å². The molecule has 19 heavy (non-hydrogen) atoms. The molecule has 6 heteroatoms. The molecule has 0 saturated heterocycles. The summed E-state index contributed by atoms with van der Waals surface area (Å²) < 4.78 is 1.56. The lowest BCUT2D eigenvalue weighted by Crippen LogP contribution is -2.13. The van der Waals surface area contributed by atoms with Crippen molar-refractivity contribution in [3.8, 4) is 0 Å². The maximum Gasteiger partial charge on any atom is 0.256 e. The minimum absolute atomic E-state index is 0.217. The van der Waals surface area contributed by atoms with Gasteiger partial charge in [0, 0.05) is 8.04 Å². The molecule has 2 aromatic carbocycles. The number of hydrogen-bond donors (Lipinski definition) is 1. The van der Waals surface area contributed by atoms with Crippen LogP contribution in [0.25, 0.3) is 0 Å². The molecule has 0 radical (unpaired) electrons. The van der Waals surface area contributed by atoms with E-state index in [2.05, 4.69) is 43.8 Å². The van der Waals surface area contributed by atoms with E-state index < -0.39 is 0 Å².